The molecule has 0 spiro atoms. The standard InChI is InChI=1S/C16H19N5O/c22-15-3-1-2-13(18-15)20-8-10-21(11-9-20)14-6-7-17-16(19-14)12-4-5-12/h1-3,6-7,12H,4-5,8-11H2,(H,18,22). The molecule has 6 nitrogen and oxygen atoms in total. The first-order valence-electron chi connectivity index (χ1n) is 7.82. The van der Waals surface area contributed by atoms with Gasteiger partial charge >= 0.3 is 0 Å². The van der Waals surface area contributed by atoms with Crippen molar-refractivity contribution < 1.29 is 0 Å². The fraction of sp³-hybridized carbons (Fsp3) is 0.438. The van der Waals surface area contributed by atoms with Gasteiger partial charge in [0.05, 0.1) is 0 Å². The second-order valence-corrected chi connectivity index (χ2v) is 5.92. The summed E-state index contributed by atoms with van der Waals surface area (Å²) in [5.74, 6) is 3.49. The molecule has 1 saturated heterocycles. The van der Waals surface area contributed by atoms with E-state index in [1.165, 1.54) is 12.8 Å². The predicted octanol–water partition coefficient (Wildman–Crippen LogP) is 1.37. The van der Waals surface area contributed by atoms with E-state index in [0.717, 1.165) is 43.6 Å². The molecular formula is C16H19N5O. The maximum absolute atomic E-state index is 11.4. The van der Waals surface area contributed by atoms with Crippen LogP contribution >= 0.6 is 0 Å². The molecule has 0 amide bonds. The third kappa shape index (κ3) is 2.68. The molecule has 2 fully saturated rings. The van der Waals surface area contributed by atoms with Crippen LogP contribution in [0.5, 0.6) is 0 Å². The first kappa shape index (κ1) is 13.3. The number of pyridine rings is 1. The van der Waals surface area contributed by atoms with Gasteiger partial charge in [-0.05, 0) is 25.0 Å². The van der Waals surface area contributed by atoms with Gasteiger partial charge in [0.25, 0.3) is 0 Å². The van der Waals surface area contributed by atoms with Gasteiger partial charge in [0.2, 0.25) is 5.56 Å². The monoisotopic (exact) mass is 297 g/mol. The lowest BCUT2D eigenvalue weighted by Crippen LogP contribution is -2.47. The first-order chi connectivity index (χ1) is 10.8. The zero-order valence-electron chi connectivity index (χ0n) is 12.4. The maximum atomic E-state index is 11.4. The molecule has 114 valence electrons. The molecule has 1 saturated carbocycles. The molecule has 0 radical (unpaired) electrons. The van der Waals surface area contributed by atoms with Crippen molar-refractivity contribution >= 4 is 11.6 Å². The third-order valence-corrected chi connectivity index (χ3v) is 4.30. The van der Waals surface area contributed by atoms with Gasteiger partial charge in [-0.15, -0.1) is 0 Å². The molecule has 1 aliphatic heterocycles. The molecule has 3 heterocycles. The first-order valence-corrected chi connectivity index (χ1v) is 7.82. The second kappa shape index (κ2) is 5.44. The lowest BCUT2D eigenvalue weighted by molar-refractivity contribution is 0.638. The van der Waals surface area contributed by atoms with Crippen LogP contribution < -0.4 is 15.4 Å². The largest absolute Gasteiger partial charge is 0.355 e. The minimum atomic E-state index is -0.0511. The van der Waals surface area contributed by atoms with Gasteiger partial charge in [0, 0.05) is 44.4 Å². The Labute approximate surface area is 128 Å². The zero-order chi connectivity index (χ0) is 14.9. The Morgan fingerprint density at radius 2 is 1.82 bits per heavy atom. The molecule has 0 atom stereocenters. The summed E-state index contributed by atoms with van der Waals surface area (Å²) in [5, 5.41) is 0. The minimum Gasteiger partial charge on any atom is -0.355 e. The molecule has 2 aromatic heterocycles. The molecule has 1 aliphatic carbocycles. The molecule has 0 unspecified atom stereocenters. The van der Waals surface area contributed by atoms with E-state index in [0.29, 0.717) is 5.92 Å². The fourth-order valence-corrected chi connectivity index (χ4v) is 2.88. The molecule has 2 aliphatic rings. The number of aromatic nitrogens is 3. The van der Waals surface area contributed by atoms with E-state index in [9.17, 15) is 4.79 Å². The molecule has 1 N–H and O–H groups in total. The highest BCUT2D eigenvalue weighted by molar-refractivity contribution is 5.44. The van der Waals surface area contributed by atoms with Crippen molar-refractivity contribution in [1.29, 1.82) is 0 Å². The van der Waals surface area contributed by atoms with Gasteiger partial charge in [-0.2, -0.15) is 0 Å². The zero-order valence-corrected chi connectivity index (χ0v) is 12.4. The van der Waals surface area contributed by atoms with E-state index in [1.54, 1.807) is 12.1 Å². The number of anilines is 2. The van der Waals surface area contributed by atoms with Crippen LogP contribution in [-0.4, -0.2) is 41.1 Å². The number of nitrogens with zero attached hydrogens (tertiary/aromatic N) is 4. The lowest BCUT2D eigenvalue weighted by atomic mass is 10.3. The third-order valence-electron chi connectivity index (χ3n) is 4.30. The van der Waals surface area contributed by atoms with Crippen LogP contribution in [0.25, 0.3) is 0 Å². The van der Waals surface area contributed by atoms with Crippen LogP contribution in [0.15, 0.2) is 35.3 Å². The highest BCUT2D eigenvalue weighted by Crippen LogP contribution is 2.38. The summed E-state index contributed by atoms with van der Waals surface area (Å²) in [6, 6.07) is 7.28. The number of hydrogen-bond donors (Lipinski definition) is 1. The van der Waals surface area contributed by atoms with Crippen LogP contribution in [-0.2, 0) is 0 Å². The summed E-state index contributed by atoms with van der Waals surface area (Å²) in [6.45, 7) is 3.56. The molecular weight excluding hydrogens is 278 g/mol. The van der Waals surface area contributed by atoms with Crippen LogP contribution in [0.1, 0.15) is 24.6 Å². The number of H-pyrrole nitrogens is 1. The van der Waals surface area contributed by atoms with Crippen LogP contribution in [0.2, 0.25) is 0 Å². The highest BCUT2D eigenvalue weighted by atomic mass is 16.1. The quantitative estimate of drug-likeness (QED) is 0.927. The van der Waals surface area contributed by atoms with Crippen molar-refractivity contribution in [2.75, 3.05) is 36.0 Å². The van der Waals surface area contributed by atoms with Crippen molar-refractivity contribution in [3.63, 3.8) is 0 Å². The normalized spacial score (nSPS) is 18.5. The molecule has 22 heavy (non-hydrogen) atoms. The summed E-state index contributed by atoms with van der Waals surface area (Å²) in [5.41, 5.74) is -0.0511. The van der Waals surface area contributed by atoms with Crippen molar-refractivity contribution in [2.45, 2.75) is 18.8 Å². The summed E-state index contributed by atoms with van der Waals surface area (Å²) in [4.78, 5) is 27.9. The average Bonchev–Trinajstić information content (AvgIpc) is 3.40. The molecule has 6 heteroatoms. The van der Waals surface area contributed by atoms with Gasteiger partial charge in [-0.25, -0.2) is 9.97 Å². The Kier molecular flexibility index (Phi) is 3.29. The van der Waals surface area contributed by atoms with Gasteiger partial charge < -0.3 is 14.8 Å². The van der Waals surface area contributed by atoms with Crippen molar-refractivity contribution in [1.82, 2.24) is 15.0 Å². The Hall–Kier alpha value is -2.37. The summed E-state index contributed by atoms with van der Waals surface area (Å²) in [6.07, 6.45) is 4.31. The Bertz CT molecular complexity index is 716. The van der Waals surface area contributed by atoms with E-state index in [2.05, 4.69) is 19.8 Å². The van der Waals surface area contributed by atoms with Crippen molar-refractivity contribution in [3.05, 3.63) is 46.6 Å². The number of piperazine rings is 1. The molecule has 0 aromatic carbocycles. The fourth-order valence-electron chi connectivity index (χ4n) is 2.88. The number of aromatic amines is 1. The topological polar surface area (TPSA) is 65.1 Å². The van der Waals surface area contributed by atoms with Gasteiger partial charge in [0.15, 0.2) is 0 Å². The molecule has 4 rings (SSSR count). The van der Waals surface area contributed by atoms with Gasteiger partial charge in [0.1, 0.15) is 17.5 Å². The number of hydrogen-bond acceptors (Lipinski definition) is 5. The van der Waals surface area contributed by atoms with Crippen molar-refractivity contribution in [3.8, 4) is 0 Å². The van der Waals surface area contributed by atoms with Gasteiger partial charge in [-0.1, -0.05) is 6.07 Å². The number of nitrogens with one attached hydrogen (secondary N) is 1. The Morgan fingerprint density at radius 3 is 2.55 bits per heavy atom. The SMILES string of the molecule is O=c1cccc(N2CCN(c3ccnc(C4CC4)n3)CC2)[nH]1. The smallest absolute Gasteiger partial charge is 0.249 e. The van der Waals surface area contributed by atoms with Crippen molar-refractivity contribution in [2.24, 2.45) is 0 Å². The van der Waals surface area contributed by atoms with Crippen LogP contribution in [0, 0.1) is 0 Å². The number of rotatable bonds is 3. The van der Waals surface area contributed by atoms with Crippen LogP contribution in [0.3, 0.4) is 0 Å². The Balaban J connectivity index is 1.45. The van der Waals surface area contributed by atoms with E-state index < -0.39 is 0 Å². The van der Waals surface area contributed by atoms with E-state index in [-0.39, 0.29) is 5.56 Å². The predicted molar refractivity (Wildman–Crippen MR) is 85.5 cm³/mol. The average molecular weight is 297 g/mol. The highest BCUT2D eigenvalue weighted by Gasteiger charge is 2.27. The summed E-state index contributed by atoms with van der Waals surface area (Å²) in [7, 11) is 0. The molecule has 0 bridgehead atoms. The van der Waals surface area contributed by atoms with Crippen LogP contribution in [0.4, 0.5) is 11.6 Å². The Morgan fingerprint density at radius 1 is 1.05 bits per heavy atom. The maximum Gasteiger partial charge on any atom is 0.249 e. The van der Waals surface area contributed by atoms with E-state index >= 15 is 0 Å². The van der Waals surface area contributed by atoms with E-state index in [4.69, 9.17) is 4.98 Å². The second-order valence-electron chi connectivity index (χ2n) is 5.92. The summed E-state index contributed by atoms with van der Waals surface area (Å²) < 4.78 is 0. The minimum absolute atomic E-state index is 0.0511. The van der Waals surface area contributed by atoms with Gasteiger partial charge in [-0.3, -0.25) is 4.79 Å². The summed E-state index contributed by atoms with van der Waals surface area (Å²) >= 11 is 0. The van der Waals surface area contributed by atoms with E-state index in [1.807, 2.05) is 18.3 Å². The molecule has 2 aromatic rings. The lowest BCUT2D eigenvalue weighted by Gasteiger charge is -2.36.